The maximum atomic E-state index is 12.1. The molecule has 0 radical (unpaired) electrons. The van der Waals surface area contributed by atoms with Crippen LogP contribution >= 0.6 is 0 Å². The molecule has 25 heavy (non-hydrogen) atoms. The Balaban J connectivity index is 0.000000370. The first-order valence-electron chi connectivity index (χ1n) is 8.27. The van der Waals surface area contributed by atoms with Crippen molar-refractivity contribution in [2.75, 3.05) is 5.73 Å². The number of hydrogen-bond acceptors (Lipinski definition) is 5. The van der Waals surface area contributed by atoms with Gasteiger partial charge in [-0.25, -0.2) is 4.79 Å². The van der Waals surface area contributed by atoms with E-state index >= 15 is 0 Å². The fourth-order valence-corrected chi connectivity index (χ4v) is 2.06. The smallest absolute Gasteiger partial charge is 0.339 e. The van der Waals surface area contributed by atoms with Crippen molar-refractivity contribution < 1.29 is 19.1 Å². The number of anilines is 1. The van der Waals surface area contributed by atoms with Crippen molar-refractivity contribution in [1.29, 1.82) is 0 Å². The molecule has 136 valence electrons. The highest BCUT2D eigenvalue weighted by Crippen LogP contribution is 2.20. The van der Waals surface area contributed by atoms with Crippen LogP contribution in [0.15, 0.2) is 30.4 Å². The van der Waals surface area contributed by atoms with E-state index in [0.717, 1.165) is 24.8 Å². The van der Waals surface area contributed by atoms with E-state index in [4.69, 9.17) is 10.5 Å². The standard InChI is InChI=1S/C15H23NO2.C4H3NO2/c1-5-6-7-11-8-9-12(16)10-13(11)14(17)18-15(2,3)4;6-3-1-2-4(7)5-3/h8-10H,5-7,16H2,1-4H3;1-2H,(H,5,6,7). The first-order valence-corrected chi connectivity index (χ1v) is 8.27. The van der Waals surface area contributed by atoms with Crippen LogP contribution in [-0.2, 0) is 20.7 Å². The molecule has 0 atom stereocenters. The van der Waals surface area contributed by atoms with Gasteiger partial charge in [-0.1, -0.05) is 19.4 Å². The number of carbonyl (C=O) groups is 3. The Morgan fingerprint density at radius 1 is 1.16 bits per heavy atom. The molecule has 0 bridgehead atoms. The Kier molecular flexibility index (Phi) is 7.36. The number of carbonyl (C=O) groups excluding carboxylic acids is 3. The maximum absolute atomic E-state index is 12.1. The van der Waals surface area contributed by atoms with Crippen molar-refractivity contribution in [2.24, 2.45) is 0 Å². The minimum Gasteiger partial charge on any atom is -0.456 e. The molecule has 3 N–H and O–H groups in total. The number of nitrogen functional groups attached to an aromatic ring is 1. The summed E-state index contributed by atoms with van der Waals surface area (Å²) in [6, 6.07) is 5.46. The molecule has 0 fully saturated rings. The number of esters is 1. The van der Waals surface area contributed by atoms with E-state index < -0.39 is 5.60 Å². The molecule has 1 aromatic rings. The van der Waals surface area contributed by atoms with Crippen LogP contribution < -0.4 is 11.1 Å². The second kappa shape index (κ2) is 9.01. The van der Waals surface area contributed by atoms with E-state index in [-0.39, 0.29) is 17.8 Å². The largest absolute Gasteiger partial charge is 0.456 e. The highest BCUT2D eigenvalue weighted by Gasteiger charge is 2.20. The van der Waals surface area contributed by atoms with Gasteiger partial charge in [0, 0.05) is 17.8 Å². The number of amides is 2. The predicted molar refractivity (Wildman–Crippen MR) is 96.9 cm³/mol. The summed E-state index contributed by atoms with van der Waals surface area (Å²) in [5.74, 6) is -0.948. The lowest BCUT2D eigenvalue weighted by atomic mass is 10.0. The third kappa shape index (κ3) is 7.65. The van der Waals surface area contributed by atoms with Gasteiger partial charge in [-0.3, -0.25) is 14.9 Å². The van der Waals surface area contributed by atoms with Gasteiger partial charge in [-0.2, -0.15) is 0 Å². The molecule has 0 aliphatic carbocycles. The summed E-state index contributed by atoms with van der Waals surface area (Å²) in [6.07, 6.45) is 5.42. The maximum Gasteiger partial charge on any atom is 0.339 e. The summed E-state index contributed by atoms with van der Waals surface area (Å²) >= 11 is 0. The Labute approximate surface area is 148 Å². The molecule has 2 rings (SSSR count). The van der Waals surface area contributed by atoms with Crippen LogP contribution in [0.1, 0.15) is 56.5 Å². The summed E-state index contributed by atoms with van der Waals surface area (Å²) in [4.78, 5) is 32.2. The molecule has 1 heterocycles. The number of rotatable bonds is 4. The number of nitrogens with one attached hydrogen (secondary N) is 1. The van der Waals surface area contributed by atoms with E-state index in [1.165, 1.54) is 12.2 Å². The Morgan fingerprint density at radius 2 is 1.76 bits per heavy atom. The SMILES string of the molecule is CCCCc1ccc(N)cc1C(=O)OC(C)(C)C.O=C1C=CC(=O)N1. The van der Waals surface area contributed by atoms with Crippen LogP contribution in [0.4, 0.5) is 5.69 Å². The van der Waals surface area contributed by atoms with Gasteiger partial charge in [0.05, 0.1) is 5.56 Å². The predicted octanol–water partition coefficient (Wildman–Crippen LogP) is 2.77. The Bertz CT molecular complexity index is 656. The van der Waals surface area contributed by atoms with Crippen LogP contribution in [-0.4, -0.2) is 23.4 Å². The van der Waals surface area contributed by atoms with Crippen molar-refractivity contribution in [3.63, 3.8) is 0 Å². The van der Waals surface area contributed by atoms with Crippen LogP contribution in [0.25, 0.3) is 0 Å². The number of hydrogen-bond donors (Lipinski definition) is 2. The second-order valence-corrected chi connectivity index (χ2v) is 6.71. The molecular formula is C19H26N2O4. The molecule has 1 aromatic carbocycles. The van der Waals surface area contributed by atoms with Crippen LogP contribution in [0, 0.1) is 0 Å². The van der Waals surface area contributed by atoms with Crippen molar-refractivity contribution in [2.45, 2.75) is 52.6 Å². The fourth-order valence-electron chi connectivity index (χ4n) is 2.06. The zero-order chi connectivity index (χ0) is 19.0. The Hall–Kier alpha value is -2.63. The van der Waals surface area contributed by atoms with Crippen LogP contribution in [0.5, 0.6) is 0 Å². The third-order valence-corrected chi connectivity index (χ3v) is 3.18. The van der Waals surface area contributed by atoms with Crippen LogP contribution in [0.3, 0.4) is 0 Å². The lowest BCUT2D eigenvalue weighted by Crippen LogP contribution is -2.24. The number of imide groups is 1. The van der Waals surface area contributed by atoms with E-state index in [2.05, 4.69) is 6.92 Å². The molecule has 0 spiro atoms. The molecular weight excluding hydrogens is 320 g/mol. The number of nitrogens with two attached hydrogens (primary N) is 1. The molecule has 2 amide bonds. The molecule has 0 saturated carbocycles. The lowest BCUT2D eigenvalue weighted by molar-refractivity contribution is -0.123. The number of benzene rings is 1. The summed E-state index contributed by atoms with van der Waals surface area (Å²) in [5, 5.41) is 2.03. The van der Waals surface area contributed by atoms with E-state index in [1.807, 2.05) is 38.2 Å². The van der Waals surface area contributed by atoms with Gasteiger partial charge in [0.1, 0.15) is 5.60 Å². The minimum atomic E-state index is -0.482. The molecule has 0 saturated heterocycles. The molecule has 1 aliphatic rings. The van der Waals surface area contributed by atoms with Gasteiger partial charge < -0.3 is 10.5 Å². The van der Waals surface area contributed by atoms with E-state index in [1.54, 1.807) is 6.07 Å². The first kappa shape index (κ1) is 20.4. The number of unbranched alkanes of at least 4 members (excludes halogenated alkanes) is 1. The highest BCUT2D eigenvalue weighted by atomic mass is 16.6. The molecule has 6 nitrogen and oxygen atoms in total. The summed E-state index contributed by atoms with van der Waals surface area (Å²) in [5.41, 5.74) is 7.47. The van der Waals surface area contributed by atoms with Gasteiger partial charge in [0.25, 0.3) is 11.8 Å². The summed E-state index contributed by atoms with van der Waals surface area (Å²) < 4.78 is 5.40. The highest BCUT2D eigenvalue weighted by molar-refractivity contribution is 6.12. The third-order valence-electron chi connectivity index (χ3n) is 3.18. The average molecular weight is 346 g/mol. The van der Waals surface area contributed by atoms with E-state index in [0.29, 0.717) is 11.3 Å². The summed E-state index contributed by atoms with van der Waals surface area (Å²) in [7, 11) is 0. The van der Waals surface area contributed by atoms with Crippen molar-refractivity contribution in [3.05, 3.63) is 41.5 Å². The van der Waals surface area contributed by atoms with Gasteiger partial charge in [-0.05, 0) is 51.3 Å². The fraction of sp³-hybridized carbons (Fsp3) is 0.421. The van der Waals surface area contributed by atoms with Gasteiger partial charge in [0.2, 0.25) is 0 Å². The minimum absolute atomic E-state index is 0.291. The second-order valence-electron chi connectivity index (χ2n) is 6.71. The first-order chi connectivity index (χ1) is 11.6. The number of aryl methyl sites for hydroxylation is 1. The topological polar surface area (TPSA) is 98.5 Å². The van der Waals surface area contributed by atoms with Crippen LogP contribution in [0.2, 0.25) is 0 Å². The van der Waals surface area contributed by atoms with Gasteiger partial charge in [0.15, 0.2) is 0 Å². The number of ether oxygens (including phenoxy) is 1. The van der Waals surface area contributed by atoms with E-state index in [9.17, 15) is 14.4 Å². The normalized spacial score (nSPS) is 13.1. The zero-order valence-corrected chi connectivity index (χ0v) is 15.2. The van der Waals surface area contributed by atoms with Crippen molar-refractivity contribution in [3.8, 4) is 0 Å². The quantitative estimate of drug-likeness (QED) is 0.496. The average Bonchev–Trinajstić information content (AvgIpc) is 2.88. The summed E-state index contributed by atoms with van der Waals surface area (Å²) in [6.45, 7) is 7.72. The van der Waals surface area contributed by atoms with Gasteiger partial charge >= 0.3 is 5.97 Å². The van der Waals surface area contributed by atoms with Gasteiger partial charge in [-0.15, -0.1) is 0 Å². The molecule has 6 heteroatoms. The molecule has 0 aromatic heterocycles. The van der Waals surface area contributed by atoms with Crippen molar-refractivity contribution in [1.82, 2.24) is 5.32 Å². The monoisotopic (exact) mass is 346 g/mol. The zero-order valence-electron chi connectivity index (χ0n) is 15.2. The molecule has 0 unspecified atom stereocenters. The van der Waals surface area contributed by atoms with Crippen molar-refractivity contribution >= 4 is 23.5 Å². The Morgan fingerprint density at radius 3 is 2.20 bits per heavy atom. The molecule has 1 aliphatic heterocycles. The lowest BCUT2D eigenvalue weighted by Gasteiger charge is -2.20.